The predicted molar refractivity (Wildman–Crippen MR) is 93.6 cm³/mol. The molecule has 1 atom stereocenters. The van der Waals surface area contributed by atoms with Crippen molar-refractivity contribution < 1.29 is 4.42 Å². The minimum Gasteiger partial charge on any atom is -0.416 e. The van der Waals surface area contributed by atoms with Crippen molar-refractivity contribution in [3.05, 3.63) is 42.0 Å². The Labute approximate surface area is 150 Å². The van der Waals surface area contributed by atoms with Gasteiger partial charge in [0.2, 0.25) is 5.89 Å². The number of rotatable bonds is 5. The van der Waals surface area contributed by atoms with Crippen molar-refractivity contribution in [2.24, 2.45) is 0 Å². The van der Waals surface area contributed by atoms with Crippen LogP contribution in [0.15, 0.2) is 40.0 Å². The van der Waals surface area contributed by atoms with E-state index in [1.807, 2.05) is 37.3 Å². The number of hydrogen-bond donors (Lipinski definition) is 0. The molecule has 8 heteroatoms. The topological polar surface area (TPSA) is 82.5 Å². The number of tetrazole rings is 1. The van der Waals surface area contributed by atoms with E-state index in [-0.39, 0.29) is 5.25 Å². The molecule has 1 aliphatic carbocycles. The zero-order valence-corrected chi connectivity index (χ0v) is 14.9. The Hall–Kier alpha value is -2.22. The van der Waals surface area contributed by atoms with Crippen LogP contribution in [0.25, 0.3) is 5.69 Å². The SMILES string of the molecule is C[C@@H](Sc1nnc(C2CCCCC2)o1)c1nnnn1-c1ccccc1. The van der Waals surface area contributed by atoms with Crippen LogP contribution in [0.5, 0.6) is 0 Å². The largest absolute Gasteiger partial charge is 0.416 e. The van der Waals surface area contributed by atoms with Gasteiger partial charge in [-0.25, -0.2) is 0 Å². The number of aromatic nitrogens is 6. The van der Waals surface area contributed by atoms with Crippen LogP contribution in [-0.2, 0) is 0 Å². The molecule has 0 aliphatic heterocycles. The second-order valence-corrected chi connectivity index (χ2v) is 7.58. The Kier molecular flexibility index (Phi) is 4.78. The monoisotopic (exact) mass is 356 g/mol. The van der Waals surface area contributed by atoms with E-state index in [1.165, 1.54) is 31.0 Å². The average molecular weight is 356 g/mol. The molecule has 0 N–H and O–H groups in total. The van der Waals surface area contributed by atoms with Gasteiger partial charge in [-0.15, -0.1) is 15.3 Å². The second-order valence-electron chi connectivity index (χ2n) is 6.29. The summed E-state index contributed by atoms with van der Waals surface area (Å²) in [4.78, 5) is 0. The van der Waals surface area contributed by atoms with E-state index in [2.05, 4.69) is 25.7 Å². The first-order valence-corrected chi connectivity index (χ1v) is 9.53. The molecule has 0 bridgehead atoms. The summed E-state index contributed by atoms with van der Waals surface area (Å²) >= 11 is 1.49. The molecular weight excluding hydrogens is 336 g/mol. The van der Waals surface area contributed by atoms with Crippen LogP contribution in [-0.4, -0.2) is 30.4 Å². The number of nitrogens with zero attached hydrogens (tertiary/aromatic N) is 6. The van der Waals surface area contributed by atoms with E-state index in [9.17, 15) is 0 Å². The zero-order chi connectivity index (χ0) is 17.1. The van der Waals surface area contributed by atoms with Gasteiger partial charge < -0.3 is 4.42 Å². The third-order valence-electron chi connectivity index (χ3n) is 4.51. The van der Waals surface area contributed by atoms with E-state index in [0.29, 0.717) is 11.1 Å². The highest BCUT2D eigenvalue weighted by Gasteiger charge is 2.24. The summed E-state index contributed by atoms with van der Waals surface area (Å²) in [7, 11) is 0. The van der Waals surface area contributed by atoms with Gasteiger partial charge in [0.05, 0.1) is 10.9 Å². The molecule has 0 saturated heterocycles. The van der Waals surface area contributed by atoms with Crippen molar-refractivity contribution in [1.82, 2.24) is 30.4 Å². The first-order chi connectivity index (χ1) is 12.3. The quantitative estimate of drug-likeness (QED) is 0.640. The van der Waals surface area contributed by atoms with Crippen LogP contribution in [0.4, 0.5) is 0 Å². The van der Waals surface area contributed by atoms with Gasteiger partial charge in [-0.05, 0) is 42.3 Å². The highest BCUT2D eigenvalue weighted by molar-refractivity contribution is 7.99. The fourth-order valence-electron chi connectivity index (χ4n) is 3.19. The van der Waals surface area contributed by atoms with Gasteiger partial charge in [0.1, 0.15) is 0 Å². The maximum atomic E-state index is 5.90. The Balaban J connectivity index is 1.49. The van der Waals surface area contributed by atoms with E-state index in [4.69, 9.17) is 4.42 Å². The highest BCUT2D eigenvalue weighted by atomic mass is 32.2. The molecule has 0 spiro atoms. The van der Waals surface area contributed by atoms with E-state index >= 15 is 0 Å². The summed E-state index contributed by atoms with van der Waals surface area (Å²) in [6.07, 6.45) is 6.10. The molecule has 3 aromatic rings. The third-order valence-corrected chi connectivity index (χ3v) is 5.44. The van der Waals surface area contributed by atoms with Gasteiger partial charge in [-0.1, -0.05) is 49.2 Å². The standard InChI is InChI=1S/C17H20N6OS/c1-12(15-18-21-22-23(15)14-10-6-3-7-11-14)25-17-20-19-16(24-17)13-8-4-2-5-9-13/h3,6-7,10-13H,2,4-5,8-9H2,1H3/t12-/m1/s1. The molecule has 0 radical (unpaired) electrons. The van der Waals surface area contributed by atoms with Gasteiger partial charge in [0, 0.05) is 5.92 Å². The smallest absolute Gasteiger partial charge is 0.277 e. The molecule has 25 heavy (non-hydrogen) atoms. The number of thioether (sulfide) groups is 1. The molecule has 1 aliphatic rings. The molecule has 2 aromatic heterocycles. The molecular formula is C17H20N6OS. The van der Waals surface area contributed by atoms with Crippen LogP contribution in [0.2, 0.25) is 0 Å². The zero-order valence-electron chi connectivity index (χ0n) is 14.1. The van der Waals surface area contributed by atoms with Crippen LogP contribution in [0, 0.1) is 0 Å². The summed E-state index contributed by atoms with van der Waals surface area (Å²) in [5, 5.41) is 21.1. The Morgan fingerprint density at radius 2 is 1.88 bits per heavy atom. The molecule has 1 fully saturated rings. The number of para-hydroxylation sites is 1. The maximum Gasteiger partial charge on any atom is 0.277 e. The van der Waals surface area contributed by atoms with Gasteiger partial charge >= 0.3 is 0 Å². The molecule has 7 nitrogen and oxygen atoms in total. The Bertz CT molecular complexity index is 811. The number of hydrogen-bond acceptors (Lipinski definition) is 7. The van der Waals surface area contributed by atoms with E-state index in [0.717, 1.165) is 30.2 Å². The molecule has 0 unspecified atom stereocenters. The molecule has 0 amide bonds. The van der Waals surface area contributed by atoms with Crippen molar-refractivity contribution in [3.63, 3.8) is 0 Å². The van der Waals surface area contributed by atoms with Gasteiger partial charge in [-0.2, -0.15) is 4.68 Å². The molecule has 130 valence electrons. The van der Waals surface area contributed by atoms with Crippen molar-refractivity contribution in [1.29, 1.82) is 0 Å². The second kappa shape index (κ2) is 7.35. The summed E-state index contributed by atoms with van der Waals surface area (Å²) in [6, 6.07) is 9.85. The van der Waals surface area contributed by atoms with Gasteiger partial charge in [0.25, 0.3) is 5.22 Å². The lowest BCUT2D eigenvalue weighted by Gasteiger charge is -2.17. The lowest BCUT2D eigenvalue weighted by Crippen LogP contribution is -2.05. The van der Waals surface area contributed by atoms with Crippen molar-refractivity contribution >= 4 is 11.8 Å². The van der Waals surface area contributed by atoms with Crippen molar-refractivity contribution in [2.45, 2.75) is 55.4 Å². The summed E-state index contributed by atoms with van der Waals surface area (Å²) < 4.78 is 7.65. The van der Waals surface area contributed by atoms with Crippen LogP contribution in [0.3, 0.4) is 0 Å². The first kappa shape index (κ1) is 16.3. The van der Waals surface area contributed by atoms with Crippen LogP contribution in [0.1, 0.15) is 61.9 Å². The van der Waals surface area contributed by atoms with E-state index in [1.54, 1.807) is 4.68 Å². The minimum absolute atomic E-state index is 0.00476. The van der Waals surface area contributed by atoms with Crippen molar-refractivity contribution in [3.8, 4) is 5.69 Å². The third kappa shape index (κ3) is 3.58. The lowest BCUT2D eigenvalue weighted by atomic mass is 9.89. The highest BCUT2D eigenvalue weighted by Crippen LogP contribution is 2.36. The van der Waals surface area contributed by atoms with Crippen molar-refractivity contribution in [2.75, 3.05) is 0 Å². The predicted octanol–water partition coefficient (Wildman–Crippen LogP) is 3.95. The fourth-order valence-corrected chi connectivity index (χ4v) is 3.96. The fraction of sp³-hybridized carbons (Fsp3) is 0.471. The molecule has 1 aromatic carbocycles. The molecule has 2 heterocycles. The average Bonchev–Trinajstić information content (AvgIpc) is 3.33. The molecule has 4 rings (SSSR count). The summed E-state index contributed by atoms with van der Waals surface area (Å²) in [5.74, 6) is 1.95. The summed E-state index contributed by atoms with van der Waals surface area (Å²) in [5.41, 5.74) is 0.934. The van der Waals surface area contributed by atoms with Crippen LogP contribution < -0.4 is 0 Å². The molecule has 1 saturated carbocycles. The van der Waals surface area contributed by atoms with Gasteiger partial charge in [-0.3, -0.25) is 0 Å². The maximum absolute atomic E-state index is 5.90. The Morgan fingerprint density at radius 3 is 2.68 bits per heavy atom. The normalized spacial score (nSPS) is 16.8. The van der Waals surface area contributed by atoms with Crippen LogP contribution >= 0.6 is 11.8 Å². The number of benzene rings is 1. The first-order valence-electron chi connectivity index (χ1n) is 8.65. The summed E-state index contributed by atoms with van der Waals surface area (Å²) in [6.45, 7) is 2.04. The lowest BCUT2D eigenvalue weighted by molar-refractivity contribution is 0.334. The van der Waals surface area contributed by atoms with E-state index < -0.39 is 0 Å². The Morgan fingerprint density at radius 1 is 1.08 bits per heavy atom. The minimum atomic E-state index is -0.00476. The van der Waals surface area contributed by atoms with Gasteiger partial charge in [0.15, 0.2) is 5.82 Å².